The number of benzene rings is 2. The number of thiocarbonyl (C=S) groups is 1. The van der Waals surface area contributed by atoms with Gasteiger partial charge in [-0.15, -0.1) is 17.1 Å². The molecule has 0 amide bonds. The second kappa shape index (κ2) is 9.76. The standard InChI is InChI=1S/C18H17ClFN3OS/c1-2-9-21-18(25)23-22-11-13-5-3-6-14(10-13)24-12-15-16(19)7-4-8-17(15)20/h2-8,10-11H,1,9,12H2,(H2,21,23,25)/p+1. The Balaban J connectivity index is 1.94. The highest BCUT2D eigenvalue weighted by Gasteiger charge is 2.08. The summed E-state index contributed by atoms with van der Waals surface area (Å²) in [5, 5.41) is 6.60. The van der Waals surface area contributed by atoms with E-state index in [1.807, 2.05) is 18.2 Å². The van der Waals surface area contributed by atoms with E-state index in [2.05, 4.69) is 22.4 Å². The summed E-state index contributed by atoms with van der Waals surface area (Å²) in [7, 11) is 0. The lowest BCUT2D eigenvalue weighted by Gasteiger charge is -2.08. The van der Waals surface area contributed by atoms with Crippen LogP contribution in [0.3, 0.4) is 0 Å². The predicted molar refractivity (Wildman–Crippen MR) is 102 cm³/mol. The number of hydrogen-bond donors (Lipinski definition) is 3. The molecule has 0 aliphatic carbocycles. The summed E-state index contributed by atoms with van der Waals surface area (Å²) in [5.74, 6) is 0.212. The van der Waals surface area contributed by atoms with Gasteiger partial charge in [0.05, 0.1) is 5.02 Å². The van der Waals surface area contributed by atoms with E-state index in [0.717, 1.165) is 5.56 Å². The third-order valence-corrected chi connectivity index (χ3v) is 3.73. The second-order valence-electron chi connectivity index (χ2n) is 4.97. The number of hydrazine groups is 1. The molecule has 25 heavy (non-hydrogen) atoms. The van der Waals surface area contributed by atoms with Crippen molar-refractivity contribution in [1.29, 1.82) is 0 Å². The lowest BCUT2D eigenvalue weighted by Crippen LogP contribution is -2.82. The number of hydrazone groups is 1. The average Bonchev–Trinajstić information content (AvgIpc) is 2.60. The molecule has 130 valence electrons. The Labute approximate surface area is 156 Å². The summed E-state index contributed by atoms with van der Waals surface area (Å²) in [5.41, 5.74) is 4.01. The maximum Gasteiger partial charge on any atom is 0.224 e. The molecule has 0 aromatic heterocycles. The third kappa shape index (κ3) is 6.17. The van der Waals surface area contributed by atoms with Crippen LogP contribution in [0.2, 0.25) is 5.02 Å². The SMILES string of the molecule is C=CCNC(=S)N[NH+]=Cc1cccc(OCc2c(F)cccc2Cl)c1. The van der Waals surface area contributed by atoms with Crippen LogP contribution in [0.25, 0.3) is 0 Å². The smallest absolute Gasteiger partial charge is 0.224 e. The van der Waals surface area contributed by atoms with Crippen molar-refractivity contribution < 1.29 is 14.2 Å². The van der Waals surface area contributed by atoms with Crippen LogP contribution in [0.15, 0.2) is 55.1 Å². The van der Waals surface area contributed by atoms with Crippen molar-refractivity contribution in [3.8, 4) is 5.75 Å². The maximum atomic E-state index is 13.8. The highest BCUT2D eigenvalue weighted by Crippen LogP contribution is 2.21. The maximum absolute atomic E-state index is 13.8. The van der Waals surface area contributed by atoms with E-state index < -0.39 is 0 Å². The van der Waals surface area contributed by atoms with Crippen molar-refractivity contribution >= 4 is 35.1 Å². The van der Waals surface area contributed by atoms with E-state index in [4.69, 9.17) is 28.6 Å². The fraction of sp³-hybridized carbons (Fsp3) is 0.111. The van der Waals surface area contributed by atoms with Crippen molar-refractivity contribution in [2.75, 3.05) is 6.54 Å². The lowest BCUT2D eigenvalue weighted by atomic mass is 10.2. The van der Waals surface area contributed by atoms with Crippen molar-refractivity contribution in [3.63, 3.8) is 0 Å². The highest BCUT2D eigenvalue weighted by atomic mass is 35.5. The van der Waals surface area contributed by atoms with E-state index in [0.29, 0.717) is 28.0 Å². The molecule has 0 aliphatic rings. The fourth-order valence-electron chi connectivity index (χ4n) is 1.91. The van der Waals surface area contributed by atoms with E-state index in [9.17, 15) is 4.39 Å². The first-order valence-electron chi connectivity index (χ1n) is 7.49. The lowest BCUT2D eigenvalue weighted by molar-refractivity contribution is -0.500. The Morgan fingerprint density at radius 1 is 1.32 bits per heavy atom. The first-order chi connectivity index (χ1) is 12.1. The molecular weight excluding hydrogens is 361 g/mol. The molecule has 2 aromatic carbocycles. The molecule has 0 atom stereocenters. The van der Waals surface area contributed by atoms with Crippen LogP contribution in [0, 0.1) is 5.82 Å². The minimum Gasteiger partial charge on any atom is -0.489 e. The van der Waals surface area contributed by atoms with Gasteiger partial charge in [-0.05, 0) is 42.5 Å². The third-order valence-electron chi connectivity index (χ3n) is 3.13. The molecule has 7 heteroatoms. The molecule has 2 aromatic rings. The fourth-order valence-corrected chi connectivity index (χ4v) is 2.27. The Morgan fingerprint density at radius 2 is 2.12 bits per heavy atom. The summed E-state index contributed by atoms with van der Waals surface area (Å²) < 4.78 is 19.4. The summed E-state index contributed by atoms with van der Waals surface area (Å²) in [6.07, 6.45) is 3.44. The van der Waals surface area contributed by atoms with Crippen molar-refractivity contribution in [3.05, 3.63) is 77.1 Å². The molecule has 0 aliphatic heterocycles. The summed E-state index contributed by atoms with van der Waals surface area (Å²) in [6, 6.07) is 11.9. The molecular formula is C18H18ClFN3OS+. The Morgan fingerprint density at radius 3 is 2.88 bits per heavy atom. The first-order valence-corrected chi connectivity index (χ1v) is 8.28. The zero-order valence-corrected chi connectivity index (χ0v) is 15.0. The van der Waals surface area contributed by atoms with Gasteiger partial charge in [-0.2, -0.15) is 0 Å². The highest BCUT2D eigenvalue weighted by molar-refractivity contribution is 7.80. The normalized spacial score (nSPS) is 10.5. The van der Waals surface area contributed by atoms with Gasteiger partial charge in [-0.3, -0.25) is 0 Å². The molecule has 4 nitrogen and oxygen atoms in total. The van der Waals surface area contributed by atoms with Gasteiger partial charge in [0.2, 0.25) is 5.11 Å². The van der Waals surface area contributed by atoms with Crippen molar-refractivity contribution in [2.24, 2.45) is 0 Å². The largest absolute Gasteiger partial charge is 0.489 e. The second-order valence-corrected chi connectivity index (χ2v) is 5.79. The van der Waals surface area contributed by atoms with Gasteiger partial charge >= 0.3 is 0 Å². The molecule has 0 radical (unpaired) electrons. The van der Waals surface area contributed by atoms with Crippen molar-refractivity contribution in [2.45, 2.75) is 6.61 Å². The molecule has 0 saturated heterocycles. The predicted octanol–water partition coefficient (Wildman–Crippen LogP) is 2.12. The van der Waals surface area contributed by atoms with Gasteiger partial charge in [0.1, 0.15) is 18.2 Å². The van der Waals surface area contributed by atoms with E-state index >= 15 is 0 Å². The summed E-state index contributed by atoms with van der Waals surface area (Å²) in [4.78, 5) is 0. The van der Waals surface area contributed by atoms with E-state index in [-0.39, 0.29) is 12.4 Å². The Kier molecular flexibility index (Phi) is 7.37. The number of halogens is 2. The van der Waals surface area contributed by atoms with Crippen LogP contribution in [0.4, 0.5) is 4.39 Å². The average molecular weight is 379 g/mol. The molecule has 0 spiro atoms. The number of ether oxygens (including phenoxy) is 1. The first kappa shape index (κ1) is 18.9. The molecule has 0 unspecified atom stereocenters. The van der Waals surface area contributed by atoms with Crippen LogP contribution in [-0.2, 0) is 6.61 Å². The molecule has 0 saturated carbocycles. The summed E-state index contributed by atoms with van der Waals surface area (Å²) >= 11 is 11.0. The van der Waals surface area contributed by atoms with Gasteiger partial charge < -0.3 is 10.1 Å². The van der Waals surface area contributed by atoms with E-state index in [1.165, 1.54) is 6.07 Å². The van der Waals surface area contributed by atoms with Crippen LogP contribution >= 0.6 is 23.8 Å². The molecule has 2 rings (SSSR count). The van der Waals surface area contributed by atoms with Crippen LogP contribution in [0.5, 0.6) is 5.75 Å². The van der Waals surface area contributed by atoms with Gasteiger partial charge in [0.15, 0.2) is 6.21 Å². The van der Waals surface area contributed by atoms with Crippen LogP contribution in [-0.4, -0.2) is 17.9 Å². The molecule has 3 N–H and O–H groups in total. The quantitative estimate of drug-likeness (QED) is 0.299. The zero-order chi connectivity index (χ0) is 18.1. The van der Waals surface area contributed by atoms with Crippen LogP contribution in [0.1, 0.15) is 11.1 Å². The Bertz CT molecular complexity index is 762. The number of hydrogen-bond acceptors (Lipinski definition) is 2. The van der Waals surface area contributed by atoms with Crippen molar-refractivity contribution in [1.82, 2.24) is 10.7 Å². The van der Waals surface area contributed by atoms with Gasteiger partial charge in [-0.25, -0.2) is 4.39 Å². The number of rotatable bonds is 7. The summed E-state index contributed by atoms with van der Waals surface area (Å²) in [6.45, 7) is 4.23. The minimum atomic E-state index is -0.387. The monoisotopic (exact) mass is 378 g/mol. The molecule has 0 bridgehead atoms. The van der Waals surface area contributed by atoms with Gasteiger partial charge in [0, 0.05) is 17.7 Å². The Hall–Kier alpha value is -2.44. The van der Waals surface area contributed by atoms with E-state index in [1.54, 1.807) is 30.5 Å². The van der Waals surface area contributed by atoms with Gasteiger partial charge in [-0.1, -0.05) is 29.8 Å². The van der Waals surface area contributed by atoms with Gasteiger partial charge in [0.25, 0.3) is 0 Å². The topological polar surface area (TPSA) is 47.3 Å². The minimum absolute atomic E-state index is 0.0518. The molecule has 0 fully saturated rings. The number of nitrogens with one attached hydrogen (secondary N) is 3. The zero-order valence-electron chi connectivity index (χ0n) is 13.4. The molecule has 0 heterocycles. The van der Waals surface area contributed by atoms with Crippen LogP contribution < -0.4 is 20.6 Å².